The Morgan fingerprint density at radius 3 is 0.974 bits per heavy atom. The van der Waals surface area contributed by atoms with E-state index in [0.29, 0.717) is 0 Å². The molecule has 0 N–H and O–H groups in total. The summed E-state index contributed by atoms with van der Waals surface area (Å²) >= 11 is 0. The lowest BCUT2D eigenvalue weighted by Gasteiger charge is -2.24. The van der Waals surface area contributed by atoms with Gasteiger partial charge in [-0.25, -0.2) is 0 Å². The smallest absolute Gasteiger partial charge is 0.143 e. The van der Waals surface area contributed by atoms with E-state index in [1.165, 1.54) is 55.3 Å². The Labute approximate surface area is 437 Å². The van der Waals surface area contributed by atoms with Gasteiger partial charge in [0.15, 0.2) is 0 Å². The maximum Gasteiger partial charge on any atom is 0.143 e. The van der Waals surface area contributed by atoms with E-state index in [2.05, 4.69) is 210 Å². The van der Waals surface area contributed by atoms with Crippen LogP contribution in [0.4, 0.5) is 0 Å². The van der Waals surface area contributed by atoms with Crippen LogP contribution in [0.2, 0.25) is 0 Å². The lowest BCUT2D eigenvalue weighted by Crippen LogP contribution is -2.17. The number of fused-ring (bicyclic) bond motifs is 20. The average Bonchev–Trinajstić information content (AvgIpc) is 4.38. The zero-order chi connectivity index (χ0) is 50.3. The first kappa shape index (κ1) is 42.0. The van der Waals surface area contributed by atoms with Crippen molar-refractivity contribution in [2.24, 2.45) is 0 Å². The minimum atomic E-state index is -0.329. The van der Waals surface area contributed by atoms with E-state index in [1.807, 2.05) is 24.3 Å². The summed E-state index contributed by atoms with van der Waals surface area (Å²) in [7, 11) is 0. The van der Waals surface area contributed by atoms with Crippen molar-refractivity contribution in [3.63, 3.8) is 0 Å². The Morgan fingerprint density at radius 1 is 0.250 bits per heavy atom. The second-order valence-corrected chi connectivity index (χ2v) is 22.3. The normalized spacial score (nSPS) is 14.3. The second-order valence-electron chi connectivity index (χ2n) is 22.3. The minimum absolute atomic E-state index is 0.329. The summed E-state index contributed by atoms with van der Waals surface area (Å²) in [6, 6.07) is 74.6. The number of furan rings is 4. The van der Waals surface area contributed by atoms with Crippen LogP contribution >= 0.6 is 0 Å². The van der Waals surface area contributed by atoms with Crippen LogP contribution in [0.25, 0.3) is 155 Å². The average molecular weight is 975 g/mol. The van der Waals surface area contributed by atoms with Gasteiger partial charge >= 0.3 is 0 Å². The van der Waals surface area contributed by atoms with Gasteiger partial charge in [0, 0.05) is 65.0 Å². The minimum Gasteiger partial charge on any atom is -0.456 e. The van der Waals surface area contributed by atoms with Crippen LogP contribution in [0.1, 0.15) is 49.9 Å². The van der Waals surface area contributed by atoms with Crippen LogP contribution < -0.4 is 0 Å². The maximum absolute atomic E-state index is 6.99. The van der Waals surface area contributed by atoms with Gasteiger partial charge in [-0.2, -0.15) is 0 Å². The molecular weight excluding hydrogens is 929 g/mol. The molecule has 11 aromatic carbocycles. The van der Waals surface area contributed by atoms with Crippen LogP contribution in [0, 0.1) is 0 Å². The molecule has 4 nitrogen and oxygen atoms in total. The molecule has 2 aliphatic carbocycles. The molecule has 0 amide bonds. The number of hydrogen-bond donors (Lipinski definition) is 0. The highest BCUT2D eigenvalue weighted by atomic mass is 16.3. The molecule has 0 bridgehead atoms. The molecule has 0 saturated carbocycles. The Balaban J connectivity index is 0.807. The highest BCUT2D eigenvalue weighted by Gasteiger charge is 2.44. The van der Waals surface area contributed by atoms with Gasteiger partial charge in [-0.1, -0.05) is 161 Å². The molecule has 0 unspecified atom stereocenters. The molecule has 0 spiro atoms. The topological polar surface area (TPSA) is 52.6 Å². The fourth-order valence-corrected chi connectivity index (χ4v) is 13.6. The molecule has 0 radical (unpaired) electrons. The quantitative estimate of drug-likeness (QED) is 0.176. The largest absolute Gasteiger partial charge is 0.456 e. The van der Waals surface area contributed by atoms with Crippen molar-refractivity contribution in [1.29, 1.82) is 0 Å². The summed E-state index contributed by atoms with van der Waals surface area (Å²) in [5, 5.41) is 9.16. The number of benzene rings is 11. The molecule has 0 saturated heterocycles. The van der Waals surface area contributed by atoms with Crippen LogP contribution in [0.3, 0.4) is 0 Å². The van der Waals surface area contributed by atoms with Crippen molar-refractivity contribution in [1.82, 2.24) is 0 Å². The van der Waals surface area contributed by atoms with E-state index in [1.54, 1.807) is 0 Å². The second kappa shape index (κ2) is 14.7. The van der Waals surface area contributed by atoms with Crippen molar-refractivity contribution in [3.05, 3.63) is 229 Å². The van der Waals surface area contributed by atoms with E-state index in [4.69, 9.17) is 17.7 Å². The summed E-state index contributed by atoms with van der Waals surface area (Å²) in [6.07, 6.45) is 0. The van der Waals surface area contributed by atoms with Crippen LogP contribution in [0.15, 0.2) is 224 Å². The zero-order valence-corrected chi connectivity index (χ0v) is 42.3. The molecule has 358 valence electrons. The molecule has 15 aromatic rings. The summed E-state index contributed by atoms with van der Waals surface area (Å²) in [5.41, 5.74) is 25.9. The van der Waals surface area contributed by atoms with Gasteiger partial charge in [0.1, 0.15) is 44.7 Å². The van der Waals surface area contributed by atoms with Gasteiger partial charge in [0.25, 0.3) is 0 Å². The van der Waals surface area contributed by atoms with Crippen LogP contribution in [0.5, 0.6) is 0 Å². The number of hydrogen-bond acceptors (Lipinski definition) is 4. The Bertz CT molecular complexity index is 4710. The number of rotatable bonds is 4. The van der Waals surface area contributed by atoms with Crippen molar-refractivity contribution in [2.45, 2.75) is 38.5 Å². The van der Waals surface area contributed by atoms with Gasteiger partial charge in [-0.3, -0.25) is 0 Å². The molecule has 4 heteroatoms. The highest BCUT2D eigenvalue weighted by Crippen LogP contribution is 2.61. The summed E-state index contributed by atoms with van der Waals surface area (Å²) in [5.74, 6) is 0. The fourth-order valence-electron chi connectivity index (χ4n) is 13.6. The third-order valence-corrected chi connectivity index (χ3v) is 17.5. The SMILES string of the molecule is CC1(C)c2cc3c(cc2-c2c1cc(-c1ccc(-c4ccc5c(c4)oc4ccccc45)cc1)c1oc4ccccc4c21)C(C)(C)c1cc(-c2ccc(-c4ccc5c(c4)oc4ccccc45)cc2)c2oc4ccccc4c2c1-3. The predicted octanol–water partition coefficient (Wildman–Crippen LogP) is 20.6. The molecule has 0 fully saturated rings. The Kier molecular flexibility index (Phi) is 8.12. The lowest BCUT2D eigenvalue weighted by atomic mass is 9.79. The maximum atomic E-state index is 6.99. The summed E-state index contributed by atoms with van der Waals surface area (Å²) < 4.78 is 26.6. The molecule has 0 aliphatic heterocycles. The third-order valence-electron chi connectivity index (χ3n) is 17.5. The van der Waals surface area contributed by atoms with E-state index in [-0.39, 0.29) is 10.8 Å². The van der Waals surface area contributed by atoms with E-state index in [0.717, 1.165) is 121 Å². The number of para-hydroxylation sites is 4. The molecule has 76 heavy (non-hydrogen) atoms. The van der Waals surface area contributed by atoms with Crippen molar-refractivity contribution < 1.29 is 17.7 Å². The first-order chi connectivity index (χ1) is 37.2. The highest BCUT2D eigenvalue weighted by molar-refractivity contribution is 6.21. The fraction of sp³-hybridized carbons (Fsp3) is 0.0833. The standard InChI is InChI=1S/C72H46O4/c1-71(2)55-37-54-56(38-53(55)65-57(71)35-51(69-67(65)49-15-7-11-19-61(49)75-69)41-25-21-39(22-26-41)43-29-31-47-45-13-5-9-17-59(45)73-63(47)33-43)72(3,4)58-36-52(70-68(66(54)58)50-16-8-12-20-62(50)76-70)42-27-23-40(24-28-42)44-30-32-48-46-14-6-10-18-60(46)74-64(48)34-44/h5-38H,1-4H3. The van der Waals surface area contributed by atoms with Gasteiger partial charge in [-0.15, -0.1) is 0 Å². The van der Waals surface area contributed by atoms with Crippen molar-refractivity contribution in [2.75, 3.05) is 0 Å². The molecular formula is C72H46O4. The van der Waals surface area contributed by atoms with Crippen molar-refractivity contribution in [3.8, 4) is 66.8 Å². The zero-order valence-electron chi connectivity index (χ0n) is 42.3. The van der Waals surface area contributed by atoms with Gasteiger partial charge in [-0.05, 0) is 151 Å². The third kappa shape index (κ3) is 5.57. The van der Waals surface area contributed by atoms with Gasteiger partial charge in [0.2, 0.25) is 0 Å². The molecule has 2 aliphatic rings. The van der Waals surface area contributed by atoms with Gasteiger partial charge < -0.3 is 17.7 Å². The first-order valence-electron chi connectivity index (χ1n) is 26.4. The van der Waals surface area contributed by atoms with E-state index < -0.39 is 0 Å². The Morgan fingerprint density at radius 2 is 0.566 bits per heavy atom. The summed E-state index contributed by atoms with van der Waals surface area (Å²) in [6.45, 7) is 9.63. The molecule has 4 heterocycles. The molecule has 17 rings (SSSR count). The predicted molar refractivity (Wildman–Crippen MR) is 312 cm³/mol. The van der Waals surface area contributed by atoms with Crippen LogP contribution in [-0.2, 0) is 10.8 Å². The lowest BCUT2D eigenvalue weighted by molar-refractivity contribution is 0.650. The monoisotopic (exact) mass is 974 g/mol. The van der Waals surface area contributed by atoms with E-state index >= 15 is 0 Å². The van der Waals surface area contributed by atoms with Gasteiger partial charge in [0.05, 0.1) is 0 Å². The molecule has 4 aromatic heterocycles. The molecule has 0 atom stereocenters. The van der Waals surface area contributed by atoms with Crippen LogP contribution in [-0.4, -0.2) is 0 Å². The first-order valence-corrected chi connectivity index (χ1v) is 26.4. The van der Waals surface area contributed by atoms with Crippen molar-refractivity contribution >= 4 is 87.8 Å². The van der Waals surface area contributed by atoms with E-state index in [9.17, 15) is 0 Å². The Hall–Kier alpha value is -9.38. The summed E-state index contributed by atoms with van der Waals surface area (Å²) in [4.78, 5) is 0.